The maximum atomic E-state index is 12.2. The zero-order chi connectivity index (χ0) is 34.5. The second-order valence-electron chi connectivity index (χ2n) is 11.6. The number of fused-ring (bicyclic) bond motifs is 5. The van der Waals surface area contributed by atoms with Crippen molar-refractivity contribution in [2.45, 2.75) is 53.4 Å². The molecule has 10 nitrogen and oxygen atoms in total. The molecule has 0 atom stereocenters. The maximum absolute atomic E-state index is 12.2. The number of ether oxygens (including phenoxy) is 2. The highest BCUT2D eigenvalue weighted by Gasteiger charge is 2.27. The van der Waals surface area contributed by atoms with E-state index in [0.29, 0.717) is 47.1 Å². The first-order valence-electron chi connectivity index (χ1n) is 15.6. The molecule has 10 heteroatoms. The number of carbonyl (C=O) groups excluding carboxylic acids is 3. The van der Waals surface area contributed by atoms with Crippen LogP contribution < -0.4 is 10.6 Å². The van der Waals surface area contributed by atoms with Gasteiger partial charge in [0.15, 0.2) is 0 Å². The molecule has 0 saturated carbocycles. The number of hydrogen-bond donors (Lipinski definition) is 2. The van der Waals surface area contributed by atoms with Crippen LogP contribution in [0.25, 0.3) is 18.2 Å². The largest absolute Gasteiger partial charge is 0.516 e. The van der Waals surface area contributed by atoms with Crippen molar-refractivity contribution >= 4 is 53.6 Å². The summed E-state index contributed by atoms with van der Waals surface area (Å²) in [5.41, 5.74) is 11.1. The Labute approximate surface area is 278 Å². The molecule has 0 aromatic carbocycles. The number of H-pyrrole nitrogens is 1. The normalized spacial score (nSPS) is 17.8. The molecule has 5 heterocycles. The highest BCUT2D eigenvalue weighted by atomic mass is 16.5. The quantitative estimate of drug-likeness (QED) is 0.166. The van der Waals surface area contributed by atoms with Gasteiger partial charge in [-0.25, -0.2) is 15.0 Å². The summed E-state index contributed by atoms with van der Waals surface area (Å²) in [5, 5.41) is 11.1. The first-order valence-corrected chi connectivity index (χ1v) is 15.6. The number of aliphatic imine (C=N–C) groups is 3. The Morgan fingerprint density at radius 1 is 0.771 bits per heavy atom. The molecule has 0 unspecified atom stereocenters. The van der Waals surface area contributed by atoms with E-state index in [9.17, 15) is 19.5 Å². The van der Waals surface area contributed by atoms with Gasteiger partial charge in [0.2, 0.25) is 0 Å². The van der Waals surface area contributed by atoms with E-state index in [1.54, 1.807) is 12.2 Å². The van der Waals surface area contributed by atoms with E-state index in [-0.39, 0.29) is 24.8 Å². The third kappa shape index (κ3) is 6.73. The van der Waals surface area contributed by atoms with Gasteiger partial charge in [0.1, 0.15) is 6.29 Å². The third-order valence-electron chi connectivity index (χ3n) is 8.86. The van der Waals surface area contributed by atoms with E-state index >= 15 is 0 Å². The average Bonchev–Trinajstić information content (AvgIpc) is 3.73. The SMILES string of the molecule is COC(=O)CCC1=C(C)C2=NC1=CC1=NC(=CC3=NC(=Cc4[nH]c(/c(=C\C=C\O)c4C)=C2)C(/C=C/C=O)=C3C)C(C)=C1CCC(=O)OC. The van der Waals surface area contributed by atoms with Crippen LogP contribution in [0.2, 0.25) is 0 Å². The van der Waals surface area contributed by atoms with E-state index < -0.39 is 0 Å². The molecule has 0 amide bonds. The fourth-order valence-electron chi connectivity index (χ4n) is 6.06. The summed E-state index contributed by atoms with van der Waals surface area (Å²) >= 11 is 0. The summed E-state index contributed by atoms with van der Waals surface area (Å²) in [6.45, 7) is 7.88. The van der Waals surface area contributed by atoms with Crippen LogP contribution in [0.3, 0.4) is 0 Å². The standard InChI is InChI=1S/C38H38N4O6/c1-21-25(9-7-15-43)33-18-31-22(2)26(10-8-16-44)34(41-31)19-32-24(4)28(12-14-38(46)48-6)36(42-32)20-35-27(11-13-37(45)47-5)23(3)30(40-35)17-29(21)39-33/h7-10,15-20,41,44H,11-14H2,1-6H3/b9-7+,16-8+,26-10-,30-17?,33-18?,34-19?,36-20?. The van der Waals surface area contributed by atoms with E-state index in [1.807, 2.05) is 58.1 Å². The van der Waals surface area contributed by atoms with Crippen LogP contribution in [0.15, 0.2) is 102 Å². The highest BCUT2D eigenvalue weighted by Crippen LogP contribution is 2.36. The average molecular weight is 647 g/mol. The number of carbonyl (C=O) groups is 3. The highest BCUT2D eigenvalue weighted by molar-refractivity contribution is 6.24. The van der Waals surface area contributed by atoms with Gasteiger partial charge >= 0.3 is 11.9 Å². The molecule has 1 aromatic rings. The number of aldehydes is 1. The molecular formula is C38H38N4O6. The Morgan fingerprint density at radius 2 is 1.40 bits per heavy atom. The van der Waals surface area contributed by atoms with Gasteiger partial charge in [0.25, 0.3) is 0 Å². The molecule has 1 aromatic heterocycles. The number of nitrogens with zero attached hydrogens (tertiary/aromatic N) is 3. The molecule has 246 valence electrons. The number of methoxy groups -OCH3 is 2. The Morgan fingerprint density at radius 3 is 2.06 bits per heavy atom. The molecule has 5 rings (SSSR count). The summed E-state index contributed by atoms with van der Waals surface area (Å²) in [7, 11) is 2.74. The number of esters is 2. The lowest BCUT2D eigenvalue weighted by atomic mass is 9.96. The third-order valence-corrected chi connectivity index (χ3v) is 8.86. The summed E-state index contributed by atoms with van der Waals surface area (Å²) in [6.07, 6.45) is 17.2. The molecule has 4 aliphatic rings. The molecule has 48 heavy (non-hydrogen) atoms. The summed E-state index contributed by atoms with van der Waals surface area (Å²) in [6, 6.07) is 0. The number of aliphatic hydroxyl groups excluding tert-OH is 1. The molecular weight excluding hydrogens is 608 g/mol. The number of hydrogen-bond acceptors (Lipinski definition) is 9. The van der Waals surface area contributed by atoms with Crippen molar-refractivity contribution in [2.75, 3.05) is 14.2 Å². The lowest BCUT2D eigenvalue weighted by Gasteiger charge is -2.08. The Hall–Kier alpha value is -5.64. The molecule has 0 aliphatic carbocycles. The first-order chi connectivity index (χ1) is 23.1. The zero-order valence-corrected chi connectivity index (χ0v) is 27.9. The number of allylic oxidation sites excluding steroid dienone is 10. The van der Waals surface area contributed by atoms with Crippen LogP contribution in [-0.4, -0.2) is 59.7 Å². The first kappa shape index (κ1) is 33.7. The zero-order valence-electron chi connectivity index (χ0n) is 27.9. The van der Waals surface area contributed by atoms with Gasteiger partial charge < -0.3 is 19.6 Å². The minimum atomic E-state index is -0.326. The van der Waals surface area contributed by atoms with Crippen LogP contribution in [0.5, 0.6) is 0 Å². The van der Waals surface area contributed by atoms with E-state index in [0.717, 1.165) is 67.8 Å². The fraction of sp³-hybridized carbons (Fsp3) is 0.263. The molecule has 2 N–H and O–H groups in total. The number of aliphatic hydroxyl groups is 1. The Bertz CT molecular complexity index is 2080. The monoisotopic (exact) mass is 646 g/mol. The van der Waals surface area contributed by atoms with Crippen molar-refractivity contribution < 1.29 is 29.0 Å². The van der Waals surface area contributed by atoms with Gasteiger partial charge in [-0.2, -0.15) is 0 Å². The second-order valence-corrected chi connectivity index (χ2v) is 11.6. The number of nitrogens with one attached hydrogen (secondary N) is 1. The Balaban J connectivity index is 1.82. The topological polar surface area (TPSA) is 143 Å². The summed E-state index contributed by atoms with van der Waals surface area (Å²) in [4.78, 5) is 54.3. The van der Waals surface area contributed by atoms with Crippen LogP contribution >= 0.6 is 0 Å². The molecule has 0 radical (unpaired) electrons. The predicted octanol–water partition coefficient (Wildman–Crippen LogP) is 5.05. The van der Waals surface area contributed by atoms with Crippen molar-refractivity contribution in [1.82, 2.24) is 4.98 Å². The number of rotatable bonds is 9. The van der Waals surface area contributed by atoms with E-state index in [4.69, 9.17) is 24.5 Å². The van der Waals surface area contributed by atoms with Crippen LogP contribution in [0, 0.1) is 6.92 Å². The van der Waals surface area contributed by atoms with Gasteiger partial charge in [-0.1, -0.05) is 0 Å². The molecule has 4 aliphatic heterocycles. The van der Waals surface area contributed by atoms with Gasteiger partial charge in [-0.15, -0.1) is 0 Å². The molecule has 8 bridgehead atoms. The number of aromatic amines is 1. The lowest BCUT2D eigenvalue weighted by molar-refractivity contribution is -0.141. The minimum Gasteiger partial charge on any atom is -0.516 e. The summed E-state index contributed by atoms with van der Waals surface area (Å²) < 4.78 is 9.87. The smallest absolute Gasteiger partial charge is 0.305 e. The van der Waals surface area contributed by atoms with Gasteiger partial charge in [-0.05, 0) is 123 Å². The summed E-state index contributed by atoms with van der Waals surface area (Å²) in [5.74, 6) is -0.650. The molecule has 0 saturated heterocycles. The minimum absolute atomic E-state index is 0.175. The van der Waals surface area contributed by atoms with Crippen molar-refractivity contribution in [3.05, 3.63) is 109 Å². The molecule has 0 fully saturated rings. The van der Waals surface area contributed by atoms with Crippen molar-refractivity contribution in [1.29, 1.82) is 0 Å². The van der Waals surface area contributed by atoms with E-state index in [2.05, 4.69) is 4.98 Å². The molecule has 0 spiro atoms. The predicted molar refractivity (Wildman–Crippen MR) is 188 cm³/mol. The lowest BCUT2D eigenvalue weighted by Crippen LogP contribution is -2.25. The Kier molecular flexibility index (Phi) is 10.1. The second kappa shape index (κ2) is 14.4. The van der Waals surface area contributed by atoms with Crippen LogP contribution in [-0.2, 0) is 23.9 Å². The fourth-order valence-corrected chi connectivity index (χ4v) is 6.06. The van der Waals surface area contributed by atoms with Gasteiger partial charge in [0.05, 0.1) is 54.7 Å². The van der Waals surface area contributed by atoms with Crippen LogP contribution in [0.4, 0.5) is 0 Å². The van der Waals surface area contributed by atoms with E-state index in [1.165, 1.54) is 20.3 Å². The number of aromatic nitrogens is 1. The van der Waals surface area contributed by atoms with Crippen molar-refractivity contribution in [2.24, 2.45) is 15.0 Å². The van der Waals surface area contributed by atoms with Gasteiger partial charge in [0, 0.05) is 34.7 Å². The van der Waals surface area contributed by atoms with Gasteiger partial charge in [-0.3, -0.25) is 14.4 Å². The maximum Gasteiger partial charge on any atom is 0.305 e. The van der Waals surface area contributed by atoms with Crippen molar-refractivity contribution in [3.8, 4) is 0 Å². The van der Waals surface area contributed by atoms with Crippen molar-refractivity contribution in [3.63, 3.8) is 0 Å². The van der Waals surface area contributed by atoms with Crippen LogP contribution in [0.1, 0.15) is 57.7 Å².